The molecule has 7 heteroatoms. The van der Waals surface area contributed by atoms with Crippen molar-refractivity contribution < 1.29 is 28.3 Å². The largest absolute Gasteiger partial charge is 0.469 e. The van der Waals surface area contributed by atoms with Gasteiger partial charge in [0.15, 0.2) is 0 Å². The lowest BCUT2D eigenvalue weighted by Crippen LogP contribution is -2.26. The van der Waals surface area contributed by atoms with Gasteiger partial charge in [-0.2, -0.15) is 0 Å². The summed E-state index contributed by atoms with van der Waals surface area (Å²) in [6.07, 6.45) is 8.59. The van der Waals surface area contributed by atoms with Crippen LogP contribution in [0.5, 0.6) is 0 Å². The van der Waals surface area contributed by atoms with Crippen molar-refractivity contribution in [1.29, 1.82) is 0 Å². The predicted octanol–water partition coefficient (Wildman–Crippen LogP) is 3.66. The molecule has 1 atom stereocenters. The Balaban J connectivity index is 3.83. The summed E-state index contributed by atoms with van der Waals surface area (Å²) in [5.74, 6) is 0. The third kappa shape index (κ3) is 16.4. The van der Waals surface area contributed by atoms with Crippen LogP contribution in [0.1, 0.15) is 65.2 Å². The van der Waals surface area contributed by atoms with Crippen molar-refractivity contribution in [3.05, 3.63) is 0 Å². The lowest BCUT2D eigenvalue weighted by molar-refractivity contribution is -0.0428. The fourth-order valence-corrected chi connectivity index (χ4v) is 2.28. The van der Waals surface area contributed by atoms with Gasteiger partial charge >= 0.3 is 7.82 Å². The van der Waals surface area contributed by atoms with Gasteiger partial charge in [-0.05, 0) is 12.8 Å². The molecule has 0 fully saturated rings. The summed E-state index contributed by atoms with van der Waals surface area (Å²) in [7, 11) is -4.46. The number of phosphoric acid groups is 1. The Morgan fingerprint density at radius 1 is 0.864 bits per heavy atom. The van der Waals surface area contributed by atoms with Crippen LogP contribution in [-0.4, -0.2) is 42.3 Å². The maximum absolute atomic E-state index is 10.8. The van der Waals surface area contributed by atoms with Crippen LogP contribution < -0.4 is 0 Å². The van der Waals surface area contributed by atoms with Crippen molar-refractivity contribution in [2.24, 2.45) is 0 Å². The Hall–Kier alpha value is 0.0300. The van der Waals surface area contributed by atoms with Crippen LogP contribution in [0.3, 0.4) is 0 Å². The van der Waals surface area contributed by atoms with Crippen molar-refractivity contribution in [2.45, 2.75) is 71.3 Å². The van der Waals surface area contributed by atoms with Gasteiger partial charge in [0, 0.05) is 13.2 Å². The predicted molar refractivity (Wildman–Crippen MR) is 86.8 cm³/mol. The zero-order chi connectivity index (χ0) is 16.7. The van der Waals surface area contributed by atoms with E-state index in [0.29, 0.717) is 19.8 Å². The molecule has 0 heterocycles. The Morgan fingerprint density at radius 2 is 1.50 bits per heavy atom. The number of unbranched alkanes of at least 4 members (excludes halogenated alkanes) is 6. The second-order valence-corrected chi connectivity index (χ2v) is 6.71. The summed E-state index contributed by atoms with van der Waals surface area (Å²) in [6.45, 7) is 5.61. The smallest absolute Gasteiger partial charge is 0.379 e. The number of hydrogen-bond acceptors (Lipinski definition) is 4. The first-order chi connectivity index (χ1) is 10.5. The van der Waals surface area contributed by atoms with Gasteiger partial charge in [-0.25, -0.2) is 4.57 Å². The topological polar surface area (TPSA) is 85.2 Å². The minimum atomic E-state index is -4.46. The standard InChI is InChI=1S/C15H33O6P/c1-3-5-7-8-9-10-12-20-15(13-19-11-6-4-2)14-21-22(16,17)18/h15H,3-14H2,1-2H3,(H2,16,17,18)/t15-/m1/s1. The molecular weight excluding hydrogens is 307 g/mol. The van der Waals surface area contributed by atoms with Gasteiger partial charge in [0.25, 0.3) is 0 Å². The summed E-state index contributed by atoms with van der Waals surface area (Å²) in [6, 6.07) is 0. The molecule has 0 aliphatic rings. The average Bonchev–Trinajstić information content (AvgIpc) is 2.46. The molecule has 0 aromatic heterocycles. The molecule has 0 spiro atoms. The lowest BCUT2D eigenvalue weighted by Gasteiger charge is -2.18. The molecule has 22 heavy (non-hydrogen) atoms. The molecule has 0 aromatic carbocycles. The summed E-state index contributed by atoms with van der Waals surface area (Å²) in [4.78, 5) is 17.5. The molecule has 134 valence electrons. The van der Waals surface area contributed by atoms with Crippen LogP contribution in [0.25, 0.3) is 0 Å². The van der Waals surface area contributed by atoms with Crippen molar-refractivity contribution in [2.75, 3.05) is 26.4 Å². The van der Waals surface area contributed by atoms with Gasteiger partial charge < -0.3 is 19.3 Å². The summed E-state index contributed by atoms with van der Waals surface area (Å²) in [5.41, 5.74) is 0. The minimum Gasteiger partial charge on any atom is -0.379 e. The SMILES string of the molecule is CCCCCCCCO[C@H](COCCCC)COP(=O)(O)O. The van der Waals surface area contributed by atoms with Crippen LogP contribution in [0.15, 0.2) is 0 Å². The van der Waals surface area contributed by atoms with E-state index in [1.807, 2.05) is 0 Å². The van der Waals surface area contributed by atoms with Crippen LogP contribution in [0.2, 0.25) is 0 Å². The van der Waals surface area contributed by atoms with E-state index < -0.39 is 13.9 Å². The Morgan fingerprint density at radius 3 is 2.14 bits per heavy atom. The number of hydrogen-bond donors (Lipinski definition) is 2. The quantitative estimate of drug-likeness (QED) is 0.329. The van der Waals surface area contributed by atoms with Crippen molar-refractivity contribution in [3.63, 3.8) is 0 Å². The summed E-state index contributed by atoms with van der Waals surface area (Å²) < 4.78 is 26.4. The van der Waals surface area contributed by atoms with Gasteiger partial charge in [-0.1, -0.05) is 52.4 Å². The van der Waals surface area contributed by atoms with Gasteiger partial charge in [-0.3, -0.25) is 4.52 Å². The molecule has 0 aromatic rings. The summed E-state index contributed by atoms with van der Waals surface area (Å²) in [5, 5.41) is 0. The van der Waals surface area contributed by atoms with Crippen molar-refractivity contribution >= 4 is 7.82 Å². The first kappa shape index (κ1) is 22.0. The highest BCUT2D eigenvalue weighted by molar-refractivity contribution is 7.46. The Kier molecular flexibility index (Phi) is 14.6. The fraction of sp³-hybridized carbons (Fsp3) is 1.00. The molecule has 0 bridgehead atoms. The van der Waals surface area contributed by atoms with E-state index in [9.17, 15) is 4.57 Å². The van der Waals surface area contributed by atoms with E-state index in [4.69, 9.17) is 19.3 Å². The van der Waals surface area contributed by atoms with Crippen LogP contribution in [0.4, 0.5) is 0 Å². The first-order valence-electron chi connectivity index (χ1n) is 8.39. The monoisotopic (exact) mass is 340 g/mol. The number of phosphoric ester groups is 1. The van der Waals surface area contributed by atoms with Crippen molar-refractivity contribution in [1.82, 2.24) is 0 Å². The molecule has 2 N–H and O–H groups in total. The maximum Gasteiger partial charge on any atom is 0.469 e. The molecule has 0 radical (unpaired) electrons. The lowest BCUT2D eigenvalue weighted by atomic mass is 10.1. The maximum atomic E-state index is 10.8. The van der Waals surface area contributed by atoms with Crippen LogP contribution in [0, 0.1) is 0 Å². The fourth-order valence-electron chi connectivity index (χ4n) is 1.92. The van der Waals surface area contributed by atoms with Crippen molar-refractivity contribution in [3.8, 4) is 0 Å². The van der Waals surface area contributed by atoms with Gasteiger partial charge in [0.05, 0.1) is 13.2 Å². The van der Waals surface area contributed by atoms with Gasteiger partial charge in [-0.15, -0.1) is 0 Å². The molecule has 6 nitrogen and oxygen atoms in total. The van der Waals surface area contributed by atoms with Gasteiger partial charge in [0.2, 0.25) is 0 Å². The molecular formula is C15H33O6P. The molecule has 0 aliphatic heterocycles. The number of ether oxygens (including phenoxy) is 2. The van der Waals surface area contributed by atoms with E-state index in [-0.39, 0.29) is 6.61 Å². The highest BCUT2D eigenvalue weighted by atomic mass is 31.2. The highest BCUT2D eigenvalue weighted by Crippen LogP contribution is 2.35. The Labute approximate surface area is 134 Å². The molecule has 0 saturated carbocycles. The zero-order valence-corrected chi connectivity index (χ0v) is 14.9. The zero-order valence-electron chi connectivity index (χ0n) is 14.0. The Bertz CT molecular complexity index is 281. The number of rotatable bonds is 16. The normalized spacial score (nSPS) is 13.5. The molecule has 0 rings (SSSR count). The first-order valence-corrected chi connectivity index (χ1v) is 9.92. The van der Waals surface area contributed by atoms with E-state index in [0.717, 1.165) is 25.7 Å². The highest BCUT2D eigenvalue weighted by Gasteiger charge is 2.19. The molecule has 0 unspecified atom stereocenters. The molecule has 0 amide bonds. The average molecular weight is 340 g/mol. The third-order valence-corrected chi connectivity index (χ3v) is 3.71. The van der Waals surface area contributed by atoms with Gasteiger partial charge in [0.1, 0.15) is 6.10 Å². The molecule has 0 aliphatic carbocycles. The van der Waals surface area contributed by atoms with Crippen LogP contribution in [-0.2, 0) is 18.6 Å². The third-order valence-electron chi connectivity index (χ3n) is 3.23. The van der Waals surface area contributed by atoms with E-state index >= 15 is 0 Å². The second kappa shape index (κ2) is 14.6. The summed E-state index contributed by atoms with van der Waals surface area (Å²) >= 11 is 0. The minimum absolute atomic E-state index is 0.147. The molecule has 0 saturated heterocycles. The second-order valence-electron chi connectivity index (χ2n) is 5.48. The van der Waals surface area contributed by atoms with E-state index in [1.165, 1.54) is 25.7 Å². The van der Waals surface area contributed by atoms with E-state index in [2.05, 4.69) is 18.4 Å². The van der Waals surface area contributed by atoms with E-state index in [1.54, 1.807) is 0 Å². The van der Waals surface area contributed by atoms with Crippen LogP contribution >= 0.6 is 7.82 Å².